The number of rotatable bonds is 4. The van der Waals surface area contributed by atoms with Crippen LogP contribution >= 0.6 is 0 Å². The zero-order chi connectivity index (χ0) is 18.7. The molecular formula is C22H25FN2O. The van der Waals surface area contributed by atoms with Crippen molar-refractivity contribution in [3.63, 3.8) is 0 Å². The van der Waals surface area contributed by atoms with Crippen LogP contribution in [0, 0.1) is 19.7 Å². The van der Waals surface area contributed by atoms with Gasteiger partial charge in [0.15, 0.2) is 5.78 Å². The Morgan fingerprint density at radius 2 is 1.62 bits per heavy atom. The van der Waals surface area contributed by atoms with Gasteiger partial charge in [-0.2, -0.15) is 0 Å². The van der Waals surface area contributed by atoms with E-state index in [0.29, 0.717) is 11.1 Å². The van der Waals surface area contributed by atoms with Gasteiger partial charge in [-0.1, -0.05) is 6.07 Å². The van der Waals surface area contributed by atoms with Crippen molar-refractivity contribution in [1.82, 2.24) is 4.90 Å². The number of ketones is 1. The molecule has 3 nitrogen and oxygen atoms in total. The molecule has 0 aliphatic carbocycles. The number of carbonyl (C=O) groups is 1. The number of allylic oxidation sites excluding steroid dienone is 1. The molecule has 136 valence electrons. The molecule has 0 unspecified atom stereocenters. The fourth-order valence-electron chi connectivity index (χ4n) is 3.19. The van der Waals surface area contributed by atoms with Gasteiger partial charge >= 0.3 is 0 Å². The Labute approximate surface area is 154 Å². The first-order chi connectivity index (χ1) is 12.4. The molecule has 0 N–H and O–H groups in total. The minimum absolute atomic E-state index is 0.0541. The van der Waals surface area contributed by atoms with Crippen molar-refractivity contribution in [1.29, 1.82) is 0 Å². The lowest BCUT2D eigenvalue weighted by Gasteiger charge is -2.36. The van der Waals surface area contributed by atoms with E-state index in [1.807, 2.05) is 13.1 Å². The average Bonchev–Trinajstić information content (AvgIpc) is 2.64. The summed E-state index contributed by atoms with van der Waals surface area (Å²) >= 11 is 0. The number of hydrogen-bond acceptors (Lipinski definition) is 3. The molecule has 0 spiro atoms. The summed E-state index contributed by atoms with van der Waals surface area (Å²) in [7, 11) is 0. The number of anilines is 1. The molecule has 0 saturated carbocycles. The molecule has 4 heteroatoms. The number of piperazine rings is 1. The second-order valence-corrected chi connectivity index (χ2v) is 6.94. The van der Waals surface area contributed by atoms with Crippen molar-refractivity contribution < 1.29 is 9.18 Å². The zero-order valence-electron chi connectivity index (χ0n) is 15.6. The number of nitrogens with zero attached hydrogens (tertiary/aromatic N) is 2. The van der Waals surface area contributed by atoms with E-state index in [1.165, 1.54) is 41.1 Å². The maximum Gasteiger partial charge on any atom is 0.190 e. The standard InChI is InChI=1S/C22H25FN2O/c1-16-4-9-21(14-17(16)2)25-12-10-24(11-13-25)15-18(3)22(26)19-5-7-20(23)8-6-19/h4-9,14-15H,10-13H2,1-3H3/b18-15+. The van der Waals surface area contributed by atoms with Crippen LogP contribution in [-0.2, 0) is 0 Å². The van der Waals surface area contributed by atoms with E-state index < -0.39 is 0 Å². The second-order valence-electron chi connectivity index (χ2n) is 6.94. The van der Waals surface area contributed by atoms with Crippen LogP contribution in [0.4, 0.5) is 10.1 Å². The van der Waals surface area contributed by atoms with Gasteiger partial charge in [0.1, 0.15) is 5.82 Å². The highest BCUT2D eigenvalue weighted by Gasteiger charge is 2.17. The Balaban J connectivity index is 1.62. The number of hydrogen-bond donors (Lipinski definition) is 0. The minimum Gasteiger partial charge on any atom is -0.373 e. The highest BCUT2D eigenvalue weighted by molar-refractivity contribution is 6.08. The Bertz CT molecular complexity index is 819. The van der Waals surface area contributed by atoms with Crippen LogP contribution in [0.3, 0.4) is 0 Å². The van der Waals surface area contributed by atoms with Gasteiger partial charge in [-0.3, -0.25) is 4.79 Å². The molecule has 0 bridgehead atoms. The molecule has 2 aromatic carbocycles. The average molecular weight is 352 g/mol. The summed E-state index contributed by atoms with van der Waals surface area (Å²) in [4.78, 5) is 17.0. The molecule has 1 aliphatic rings. The molecule has 2 aromatic rings. The number of Topliss-reactive ketones (excluding diaryl/α,β-unsaturated/α-hetero) is 1. The quantitative estimate of drug-likeness (QED) is 0.604. The minimum atomic E-state index is -0.328. The summed E-state index contributed by atoms with van der Waals surface area (Å²) in [6.45, 7) is 9.70. The molecule has 1 saturated heterocycles. The summed E-state index contributed by atoms with van der Waals surface area (Å²) < 4.78 is 13.0. The van der Waals surface area contributed by atoms with Gasteiger partial charge in [-0.25, -0.2) is 4.39 Å². The highest BCUT2D eigenvalue weighted by Crippen LogP contribution is 2.20. The van der Waals surface area contributed by atoms with Crippen LogP contribution in [0.5, 0.6) is 0 Å². The normalized spacial score (nSPS) is 15.3. The Kier molecular flexibility index (Phi) is 5.40. The third-order valence-corrected chi connectivity index (χ3v) is 5.01. The Hall–Kier alpha value is -2.62. The predicted octanol–water partition coefficient (Wildman–Crippen LogP) is 4.35. The van der Waals surface area contributed by atoms with E-state index >= 15 is 0 Å². The maximum atomic E-state index is 13.0. The van der Waals surface area contributed by atoms with Crippen molar-refractivity contribution in [2.75, 3.05) is 31.1 Å². The molecular weight excluding hydrogens is 327 g/mol. The van der Waals surface area contributed by atoms with Gasteiger partial charge in [0.05, 0.1) is 0 Å². The highest BCUT2D eigenvalue weighted by atomic mass is 19.1. The number of halogens is 1. The van der Waals surface area contributed by atoms with E-state index in [4.69, 9.17) is 0 Å². The van der Waals surface area contributed by atoms with Crippen LogP contribution < -0.4 is 4.90 Å². The maximum absolute atomic E-state index is 13.0. The van der Waals surface area contributed by atoms with Gasteiger partial charge in [0, 0.05) is 49.2 Å². The topological polar surface area (TPSA) is 23.6 Å². The third-order valence-electron chi connectivity index (χ3n) is 5.01. The third kappa shape index (κ3) is 4.13. The van der Waals surface area contributed by atoms with E-state index in [1.54, 1.807) is 0 Å². The summed E-state index contributed by atoms with van der Waals surface area (Å²) in [5.74, 6) is -0.382. The SMILES string of the molecule is C/C(=C\N1CCN(c2ccc(C)c(C)c2)CC1)C(=O)c1ccc(F)cc1. The van der Waals surface area contributed by atoms with Crippen LogP contribution in [0.15, 0.2) is 54.2 Å². The first-order valence-electron chi connectivity index (χ1n) is 8.99. The summed E-state index contributed by atoms with van der Waals surface area (Å²) in [5, 5.41) is 0. The number of carbonyl (C=O) groups excluding carboxylic acids is 1. The molecule has 1 aliphatic heterocycles. The van der Waals surface area contributed by atoms with Gasteiger partial charge in [0.2, 0.25) is 0 Å². The summed E-state index contributed by atoms with van der Waals surface area (Å²) in [6, 6.07) is 12.3. The monoisotopic (exact) mass is 352 g/mol. The van der Waals surface area contributed by atoms with Crippen LogP contribution in [0.2, 0.25) is 0 Å². The van der Waals surface area contributed by atoms with E-state index in [2.05, 4.69) is 41.8 Å². The number of benzene rings is 2. The lowest BCUT2D eigenvalue weighted by Crippen LogP contribution is -2.44. The van der Waals surface area contributed by atoms with E-state index in [0.717, 1.165) is 26.2 Å². The van der Waals surface area contributed by atoms with Crippen molar-refractivity contribution >= 4 is 11.5 Å². The lowest BCUT2D eigenvalue weighted by atomic mass is 10.1. The van der Waals surface area contributed by atoms with Crippen LogP contribution in [-0.4, -0.2) is 36.9 Å². The molecule has 0 atom stereocenters. The van der Waals surface area contributed by atoms with Crippen molar-refractivity contribution in [2.24, 2.45) is 0 Å². The molecule has 0 aromatic heterocycles. The largest absolute Gasteiger partial charge is 0.373 e. The Morgan fingerprint density at radius 3 is 2.23 bits per heavy atom. The van der Waals surface area contributed by atoms with Crippen LogP contribution in [0.1, 0.15) is 28.4 Å². The van der Waals surface area contributed by atoms with Crippen molar-refractivity contribution in [3.8, 4) is 0 Å². The first kappa shape index (κ1) is 18.2. The van der Waals surface area contributed by atoms with Gasteiger partial charge in [-0.05, 0) is 68.3 Å². The lowest BCUT2D eigenvalue weighted by molar-refractivity contribution is 0.103. The van der Waals surface area contributed by atoms with Gasteiger partial charge in [-0.15, -0.1) is 0 Å². The molecule has 0 amide bonds. The molecule has 1 fully saturated rings. The molecule has 1 heterocycles. The number of aryl methyl sites for hydroxylation is 2. The van der Waals surface area contributed by atoms with Crippen molar-refractivity contribution in [3.05, 3.63) is 76.7 Å². The summed E-state index contributed by atoms with van der Waals surface area (Å²) in [6.07, 6.45) is 1.93. The predicted molar refractivity (Wildman–Crippen MR) is 104 cm³/mol. The van der Waals surface area contributed by atoms with Gasteiger partial charge < -0.3 is 9.80 Å². The molecule has 26 heavy (non-hydrogen) atoms. The smallest absolute Gasteiger partial charge is 0.190 e. The van der Waals surface area contributed by atoms with E-state index in [9.17, 15) is 9.18 Å². The van der Waals surface area contributed by atoms with Gasteiger partial charge in [0.25, 0.3) is 0 Å². The van der Waals surface area contributed by atoms with Crippen molar-refractivity contribution in [2.45, 2.75) is 20.8 Å². The fourth-order valence-corrected chi connectivity index (χ4v) is 3.19. The van der Waals surface area contributed by atoms with E-state index in [-0.39, 0.29) is 11.6 Å². The van der Waals surface area contributed by atoms with Crippen LogP contribution in [0.25, 0.3) is 0 Å². The fraction of sp³-hybridized carbons (Fsp3) is 0.318. The summed E-state index contributed by atoms with van der Waals surface area (Å²) in [5.41, 5.74) is 5.08. The zero-order valence-corrected chi connectivity index (χ0v) is 15.6. The second kappa shape index (κ2) is 7.73. The first-order valence-corrected chi connectivity index (χ1v) is 8.99. The molecule has 0 radical (unpaired) electrons. The Morgan fingerprint density at radius 1 is 0.962 bits per heavy atom. The molecule has 3 rings (SSSR count).